The van der Waals surface area contributed by atoms with E-state index in [0.29, 0.717) is 16.7 Å². The lowest BCUT2D eigenvalue weighted by atomic mass is 9.71. The van der Waals surface area contributed by atoms with Gasteiger partial charge in [0.05, 0.1) is 49.0 Å². The van der Waals surface area contributed by atoms with Crippen LogP contribution in [0, 0.1) is 11.7 Å². The zero-order valence-corrected chi connectivity index (χ0v) is 25.3. The average Bonchev–Trinajstić information content (AvgIpc) is 3.53. The van der Waals surface area contributed by atoms with Gasteiger partial charge in [-0.05, 0) is 72.4 Å². The molecule has 2 heterocycles. The van der Waals surface area contributed by atoms with E-state index in [1.54, 1.807) is 24.3 Å². The number of nitrogens with zero attached hydrogens (tertiary/aromatic N) is 3. The van der Waals surface area contributed by atoms with Crippen LogP contribution in [0.5, 0.6) is 11.5 Å². The highest BCUT2D eigenvalue weighted by molar-refractivity contribution is 7.92. The van der Waals surface area contributed by atoms with E-state index in [9.17, 15) is 26.4 Å². The van der Waals surface area contributed by atoms with Crippen LogP contribution < -0.4 is 19.3 Å². The highest BCUT2D eigenvalue weighted by atomic mass is 32.2. The third-order valence-corrected chi connectivity index (χ3v) is 9.87. The van der Waals surface area contributed by atoms with E-state index in [0.717, 1.165) is 10.4 Å². The number of alkyl halides is 3. The number of fused-ring (bicyclic) bond motifs is 1. The lowest BCUT2D eigenvalue weighted by Crippen LogP contribution is -2.34. The number of halogens is 4. The van der Waals surface area contributed by atoms with Crippen molar-refractivity contribution in [2.24, 2.45) is 5.92 Å². The molecule has 0 unspecified atom stereocenters. The predicted molar refractivity (Wildman–Crippen MR) is 160 cm³/mol. The van der Waals surface area contributed by atoms with Crippen LogP contribution in [-0.2, 0) is 16.6 Å². The number of pyridine rings is 1. The summed E-state index contributed by atoms with van der Waals surface area (Å²) in [6.45, 7) is -0.113. The minimum absolute atomic E-state index is 0.0163. The van der Waals surface area contributed by atoms with Gasteiger partial charge in [-0.15, -0.1) is 0 Å². The summed E-state index contributed by atoms with van der Waals surface area (Å²) < 4.78 is 101. The van der Waals surface area contributed by atoms with Gasteiger partial charge >= 0.3 is 12.2 Å². The third kappa shape index (κ3) is 5.68. The van der Waals surface area contributed by atoms with E-state index in [2.05, 4.69) is 4.98 Å². The molecule has 5 aromatic rings. The summed E-state index contributed by atoms with van der Waals surface area (Å²) in [5, 5.41) is 0.330. The molecule has 2 aromatic heterocycles. The van der Waals surface area contributed by atoms with Gasteiger partial charge < -0.3 is 13.9 Å². The van der Waals surface area contributed by atoms with Gasteiger partial charge in [0, 0.05) is 17.5 Å². The van der Waals surface area contributed by atoms with E-state index < -0.39 is 39.4 Å². The number of hydrogen-bond acceptors (Lipinski definition) is 7. The van der Waals surface area contributed by atoms with E-state index in [1.807, 2.05) is 0 Å². The molecule has 240 valence electrons. The zero-order chi connectivity index (χ0) is 32.8. The second-order valence-corrected chi connectivity index (χ2v) is 12.7. The van der Waals surface area contributed by atoms with Crippen LogP contribution in [0.25, 0.3) is 16.6 Å². The molecule has 1 fully saturated rings. The minimum Gasteiger partial charge on any atom is -0.497 e. The van der Waals surface area contributed by atoms with Gasteiger partial charge in [-0.2, -0.15) is 13.2 Å². The standard InChI is InChI=1S/C32H27F4N3O6S/c1-43-23-6-3-19(4-7-23)18-38(31-37-11-12-45-31)46(41,42)24-8-9-27-20(15-24)5-10-30(40)39(27)28-17-26(33)25(16-29(28)44-2)21-13-22(14-21)32(34,35)36/h3-12,15-17,21-22H,13-14,18H2,1-2H3/t21-,22-. The van der Waals surface area contributed by atoms with Crippen LogP contribution in [0.4, 0.5) is 23.6 Å². The van der Waals surface area contributed by atoms with Gasteiger partial charge in [0.1, 0.15) is 23.6 Å². The van der Waals surface area contributed by atoms with Crippen molar-refractivity contribution in [3.05, 3.63) is 106 Å². The van der Waals surface area contributed by atoms with E-state index in [4.69, 9.17) is 13.9 Å². The van der Waals surface area contributed by atoms with Gasteiger partial charge in [-0.3, -0.25) is 9.36 Å². The van der Waals surface area contributed by atoms with Crippen LogP contribution in [0.3, 0.4) is 0 Å². The molecular formula is C32H27F4N3O6S. The first-order valence-corrected chi connectivity index (χ1v) is 15.5. The first kappa shape index (κ1) is 31.1. The number of hydrogen-bond donors (Lipinski definition) is 0. The van der Waals surface area contributed by atoms with Crippen molar-refractivity contribution < 1.29 is 39.9 Å². The number of methoxy groups -OCH3 is 2. The number of benzene rings is 3. The molecule has 9 nitrogen and oxygen atoms in total. The summed E-state index contributed by atoms with van der Waals surface area (Å²) in [4.78, 5) is 17.1. The van der Waals surface area contributed by atoms with Crippen LogP contribution >= 0.6 is 0 Å². The molecule has 0 atom stereocenters. The zero-order valence-electron chi connectivity index (χ0n) is 24.5. The predicted octanol–water partition coefficient (Wildman–Crippen LogP) is 6.59. The van der Waals surface area contributed by atoms with Gasteiger partial charge in [-0.25, -0.2) is 22.1 Å². The Morgan fingerprint density at radius 1 is 1.00 bits per heavy atom. The molecule has 0 aliphatic heterocycles. The molecule has 0 N–H and O–H groups in total. The Morgan fingerprint density at radius 3 is 2.37 bits per heavy atom. The molecule has 14 heteroatoms. The van der Waals surface area contributed by atoms with Crippen molar-refractivity contribution in [3.8, 4) is 17.2 Å². The monoisotopic (exact) mass is 657 g/mol. The highest BCUT2D eigenvalue weighted by Gasteiger charge is 2.48. The normalized spacial score (nSPS) is 16.7. The molecule has 3 aromatic carbocycles. The van der Waals surface area contributed by atoms with Gasteiger partial charge in [0.15, 0.2) is 0 Å². The summed E-state index contributed by atoms with van der Waals surface area (Å²) in [6, 6.07) is 15.8. The second kappa shape index (κ2) is 11.8. The lowest BCUT2D eigenvalue weighted by Gasteiger charge is -2.37. The largest absolute Gasteiger partial charge is 0.497 e. The fourth-order valence-corrected chi connectivity index (χ4v) is 6.99. The van der Waals surface area contributed by atoms with Crippen molar-refractivity contribution in [2.45, 2.75) is 36.4 Å². The Morgan fingerprint density at radius 2 is 1.74 bits per heavy atom. The van der Waals surface area contributed by atoms with Crippen LogP contribution in [0.2, 0.25) is 0 Å². The molecular weight excluding hydrogens is 630 g/mol. The average molecular weight is 658 g/mol. The maximum Gasteiger partial charge on any atom is 0.391 e. The second-order valence-electron chi connectivity index (χ2n) is 10.9. The Kier molecular flexibility index (Phi) is 8.00. The van der Waals surface area contributed by atoms with E-state index >= 15 is 4.39 Å². The highest BCUT2D eigenvalue weighted by Crippen LogP contribution is 2.50. The number of aromatic nitrogens is 2. The molecule has 6 rings (SSSR count). The summed E-state index contributed by atoms with van der Waals surface area (Å²) in [5.74, 6) is -2.24. The van der Waals surface area contributed by atoms with Crippen molar-refractivity contribution in [1.82, 2.24) is 9.55 Å². The summed E-state index contributed by atoms with van der Waals surface area (Å²) in [6.07, 6.45) is -2.25. The van der Waals surface area contributed by atoms with Crippen molar-refractivity contribution in [2.75, 3.05) is 18.5 Å². The maximum atomic E-state index is 15.4. The smallest absolute Gasteiger partial charge is 0.391 e. The van der Waals surface area contributed by atoms with Crippen LogP contribution in [0.15, 0.2) is 93.3 Å². The van der Waals surface area contributed by atoms with Gasteiger partial charge in [0.25, 0.3) is 15.6 Å². The van der Waals surface area contributed by atoms with Crippen molar-refractivity contribution in [3.63, 3.8) is 0 Å². The molecule has 0 spiro atoms. The Balaban J connectivity index is 1.38. The number of sulfonamides is 1. The Bertz CT molecular complexity index is 2060. The Hall–Kier alpha value is -4.85. The molecule has 0 amide bonds. The fraction of sp³-hybridized carbons (Fsp3) is 0.250. The minimum atomic E-state index is -4.35. The number of ether oxygens (including phenoxy) is 2. The topological polar surface area (TPSA) is 104 Å². The molecule has 1 aliphatic carbocycles. The molecule has 1 saturated carbocycles. The van der Waals surface area contributed by atoms with Crippen molar-refractivity contribution >= 4 is 26.9 Å². The third-order valence-electron chi connectivity index (χ3n) is 8.15. The van der Waals surface area contributed by atoms with Crippen LogP contribution in [0.1, 0.15) is 29.9 Å². The molecule has 1 aliphatic rings. The molecule has 0 saturated heterocycles. The van der Waals surface area contributed by atoms with Gasteiger partial charge in [-0.1, -0.05) is 12.1 Å². The summed E-state index contributed by atoms with van der Waals surface area (Å²) in [5.41, 5.74) is 0.408. The number of rotatable bonds is 9. The molecule has 0 bridgehead atoms. The quantitative estimate of drug-likeness (QED) is 0.165. The number of anilines is 1. The lowest BCUT2D eigenvalue weighted by molar-refractivity contribution is -0.197. The van der Waals surface area contributed by atoms with Crippen molar-refractivity contribution in [1.29, 1.82) is 0 Å². The first-order valence-electron chi connectivity index (χ1n) is 14.1. The first-order chi connectivity index (χ1) is 21.9. The Labute approximate surface area is 260 Å². The fourth-order valence-electron chi connectivity index (χ4n) is 5.60. The van der Waals surface area contributed by atoms with E-state index in [-0.39, 0.29) is 52.8 Å². The number of oxazole rings is 1. The van der Waals surface area contributed by atoms with Crippen LogP contribution in [-0.4, -0.2) is 38.4 Å². The van der Waals surface area contributed by atoms with E-state index in [1.165, 1.54) is 67.6 Å². The summed E-state index contributed by atoms with van der Waals surface area (Å²) >= 11 is 0. The maximum absolute atomic E-state index is 15.4. The molecule has 46 heavy (non-hydrogen) atoms. The SMILES string of the molecule is COc1ccc(CN(c2ncco2)S(=O)(=O)c2ccc3c(ccc(=O)n3-c3cc(F)c([C@H]4C[C@H](C(F)(F)F)C4)cc3OC)c2)cc1. The van der Waals surface area contributed by atoms with Gasteiger partial charge in [0.2, 0.25) is 0 Å². The summed E-state index contributed by atoms with van der Waals surface area (Å²) in [7, 11) is -1.45. The molecule has 0 radical (unpaired) electrons.